The zero-order valence-electron chi connectivity index (χ0n) is 7.94. The lowest BCUT2D eigenvalue weighted by Crippen LogP contribution is -2.51. The number of amides is 2. The Balaban J connectivity index is 1.99. The van der Waals surface area contributed by atoms with Crippen LogP contribution < -0.4 is 5.73 Å². The maximum absolute atomic E-state index is 11.1. The van der Waals surface area contributed by atoms with Crippen molar-refractivity contribution in [3.8, 4) is 0 Å². The van der Waals surface area contributed by atoms with Gasteiger partial charge in [-0.05, 0) is 6.42 Å². The molecule has 0 spiro atoms. The predicted molar refractivity (Wildman–Crippen MR) is 48.6 cm³/mol. The number of rotatable bonds is 0. The molecule has 2 amide bonds. The number of carbonyl (C=O) groups excluding carboxylic acids is 2. The lowest BCUT2D eigenvalue weighted by atomic mass is 9.88. The van der Waals surface area contributed by atoms with Gasteiger partial charge in [-0.3, -0.25) is 4.79 Å². The molecule has 14 heavy (non-hydrogen) atoms. The Kier molecular flexibility index (Phi) is 2.41. The monoisotopic (exact) mass is 198 g/mol. The number of nitrogens with zero attached hydrogens (tertiary/aromatic N) is 1. The van der Waals surface area contributed by atoms with Crippen molar-refractivity contribution in [1.82, 2.24) is 4.90 Å². The second-order valence-electron chi connectivity index (χ2n) is 3.93. The average Bonchev–Trinajstić information content (AvgIpc) is 2.16. The summed E-state index contributed by atoms with van der Waals surface area (Å²) < 4.78 is 5.39. The van der Waals surface area contributed by atoms with Gasteiger partial charge in [0.2, 0.25) is 0 Å². The van der Waals surface area contributed by atoms with Crippen molar-refractivity contribution in [2.45, 2.75) is 18.9 Å². The second-order valence-corrected chi connectivity index (χ2v) is 3.93. The van der Waals surface area contributed by atoms with Crippen LogP contribution in [0.25, 0.3) is 0 Å². The van der Waals surface area contributed by atoms with E-state index in [0.29, 0.717) is 19.5 Å². The molecular weight excluding hydrogens is 184 g/mol. The zero-order valence-corrected chi connectivity index (χ0v) is 7.94. The van der Waals surface area contributed by atoms with E-state index < -0.39 is 6.03 Å². The number of urea groups is 1. The summed E-state index contributed by atoms with van der Waals surface area (Å²) in [4.78, 5) is 23.7. The Morgan fingerprint density at radius 2 is 2.36 bits per heavy atom. The molecule has 2 saturated heterocycles. The SMILES string of the molecule is NC(=O)N1CC[C@@H]2OCC(=O)C[C@H]2C1. The number of likely N-dealkylation sites (tertiary alicyclic amines) is 1. The number of ketones is 1. The molecule has 0 bridgehead atoms. The molecule has 2 fully saturated rings. The Labute approximate surface area is 82.2 Å². The van der Waals surface area contributed by atoms with Gasteiger partial charge in [0.25, 0.3) is 0 Å². The first-order valence-corrected chi connectivity index (χ1v) is 4.84. The van der Waals surface area contributed by atoms with Crippen LogP contribution in [-0.4, -0.2) is 42.5 Å². The van der Waals surface area contributed by atoms with Crippen LogP contribution in [0.3, 0.4) is 0 Å². The van der Waals surface area contributed by atoms with E-state index in [1.165, 1.54) is 0 Å². The molecule has 78 valence electrons. The highest BCUT2D eigenvalue weighted by atomic mass is 16.5. The van der Waals surface area contributed by atoms with Crippen LogP contribution in [-0.2, 0) is 9.53 Å². The Hall–Kier alpha value is -1.10. The number of fused-ring (bicyclic) bond motifs is 1. The first-order chi connectivity index (χ1) is 6.66. The molecule has 0 aliphatic carbocycles. The summed E-state index contributed by atoms with van der Waals surface area (Å²) in [7, 11) is 0. The van der Waals surface area contributed by atoms with Gasteiger partial charge < -0.3 is 15.4 Å². The van der Waals surface area contributed by atoms with Crippen LogP contribution in [0.4, 0.5) is 4.79 Å². The normalized spacial score (nSPS) is 32.6. The molecule has 0 radical (unpaired) electrons. The lowest BCUT2D eigenvalue weighted by molar-refractivity contribution is -0.139. The van der Waals surface area contributed by atoms with Crippen molar-refractivity contribution in [1.29, 1.82) is 0 Å². The summed E-state index contributed by atoms with van der Waals surface area (Å²) in [6, 6.07) is -0.401. The quantitative estimate of drug-likeness (QED) is 0.583. The third-order valence-electron chi connectivity index (χ3n) is 2.92. The van der Waals surface area contributed by atoms with Gasteiger partial charge in [-0.15, -0.1) is 0 Å². The highest BCUT2D eigenvalue weighted by molar-refractivity contribution is 5.80. The summed E-state index contributed by atoms with van der Waals surface area (Å²) in [5.41, 5.74) is 5.18. The number of carbonyl (C=O) groups is 2. The number of ether oxygens (including phenoxy) is 1. The fourth-order valence-corrected chi connectivity index (χ4v) is 2.18. The predicted octanol–water partition coefficient (Wildman–Crippen LogP) is -0.255. The van der Waals surface area contributed by atoms with Gasteiger partial charge in [0, 0.05) is 25.4 Å². The van der Waals surface area contributed by atoms with Gasteiger partial charge in [-0.25, -0.2) is 4.79 Å². The van der Waals surface area contributed by atoms with Crippen LogP contribution in [0.1, 0.15) is 12.8 Å². The van der Waals surface area contributed by atoms with E-state index >= 15 is 0 Å². The van der Waals surface area contributed by atoms with Crippen LogP contribution in [0, 0.1) is 5.92 Å². The summed E-state index contributed by atoms with van der Waals surface area (Å²) in [6.07, 6.45) is 1.46. The summed E-state index contributed by atoms with van der Waals surface area (Å²) in [5.74, 6) is 0.273. The van der Waals surface area contributed by atoms with Gasteiger partial charge in [-0.1, -0.05) is 0 Å². The number of piperidine rings is 1. The minimum Gasteiger partial charge on any atom is -0.370 e. The van der Waals surface area contributed by atoms with Gasteiger partial charge in [-0.2, -0.15) is 0 Å². The minimum atomic E-state index is -0.401. The summed E-state index contributed by atoms with van der Waals surface area (Å²) in [5, 5.41) is 0. The van der Waals surface area contributed by atoms with Gasteiger partial charge >= 0.3 is 6.03 Å². The molecule has 0 unspecified atom stereocenters. The molecule has 5 nitrogen and oxygen atoms in total. The molecule has 0 aromatic rings. The molecule has 2 N–H and O–H groups in total. The molecule has 2 heterocycles. The number of hydrogen-bond donors (Lipinski definition) is 1. The van der Waals surface area contributed by atoms with E-state index in [2.05, 4.69) is 0 Å². The van der Waals surface area contributed by atoms with Crippen LogP contribution in [0.15, 0.2) is 0 Å². The fourth-order valence-electron chi connectivity index (χ4n) is 2.18. The summed E-state index contributed by atoms with van der Waals surface area (Å²) >= 11 is 0. The minimum absolute atomic E-state index is 0.123. The first kappa shape index (κ1) is 9.45. The lowest BCUT2D eigenvalue weighted by Gasteiger charge is -2.39. The van der Waals surface area contributed by atoms with E-state index in [0.717, 1.165) is 6.42 Å². The van der Waals surface area contributed by atoms with Gasteiger partial charge in [0.1, 0.15) is 6.61 Å². The number of Topliss-reactive ketones (excluding diaryl/α,β-unsaturated/α-hetero) is 1. The molecule has 2 atom stereocenters. The van der Waals surface area contributed by atoms with Crippen molar-refractivity contribution >= 4 is 11.8 Å². The molecule has 0 aromatic heterocycles. The van der Waals surface area contributed by atoms with Gasteiger partial charge in [0.15, 0.2) is 5.78 Å². The van der Waals surface area contributed by atoms with Crippen LogP contribution >= 0.6 is 0 Å². The average molecular weight is 198 g/mol. The molecule has 2 aliphatic heterocycles. The smallest absolute Gasteiger partial charge is 0.314 e. The van der Waals surface area contributed by atoms with Crippen molar-refractivity contribution < 1.29 is 14.3 Å². The third-order valence-corrected chi connectivity index (χ3v) is 2.92. The molecule has 0 saturated carbocycles. The van der Waals surface area contributed by atoms with E-state index in [1.807, 2.05) is 0 Å². The highest BCUT2D eigenvalue weighted by Crippen LogP contribution is 2.26. The van der Waals surface area contributed by atoms with Crippen LogP contribution in [0.5, 0.6) is 0 Å². The molecule has 2 aliphatic rings. The van der Waals surface area contributed by atoms with Gasteiger partial charge in [0.05, 0.1) is 6.10 Å². The number of nitrogens with two attached hydrogens (primary N) is 1. The van der Waals surface area contributed by atoms with E-state index in [4.69, 9.17) is 10.5 Å². The van der Waals surface area contributed by atoms with Crippen molar-refractivity contribution in [2.75, 3.05) is 19.7 Å². The summed E-state index contributed by atoms with van der Waals surface area (Å²) in [6.45, 7) is 1.44. The van der Waals surface area contributed by atoms with Crippen LogP contribution in [0.2, 0.25) is 0 Å². The van der Waals surface area contributed by atoms with Crippen molar-refractivity contribution in [2.24, 2.45) is 11.7 Å². The first-order valence-electron chi connectivity index (χ1n) is 4.84. The second kappa shape index (κ2) is 3.57. The fraction of sp³-hybridized carbons (Fsp3) is 0.778. The maximum Gasteiger partial charge on any atom is 0.314 e. The highest BCUT2D eigenvalue weighted by Gasteiger charge is 2.35. The number of primary amides is 1. The van der Waals surface area contributed by atoms with Crippen molar-refractivity contribution in [3.05, 3.63) is 0 Å². The number of hydrogen-bond acceptors (Lipinski definition) is 3. The largest absolute Gasteiger partial charge is 0.370 e. The molecule has 5 heteroatoms. The molecular formula is C9H14N2O3. The van der Waals surface area contributed by atoms with Crippen molar-refractivity contribution in [3.63, 3.8) is 0 Å². The zero-order chi connectivity index (χ0) is 10.1. The Morgan fingerprint density at radius 3 is 3.07 bits per heavy atom. The van der Waals surface area contributed by atoms with E-state index in [9.17, 15) is 9.59 Å². The van der Waals surface area contributed by atoms with E-state index in [1.54, 1.807) is 4.90 Å². The molecule has 2 rings (SSSR count). The topological polar surface area (TPSA) is 72.6 Å². The Bertz CT molecular complexity index is 265. The maximum atomic E-state index is 11.1. The van der Waals surface area contributed by atoms with E-state index in [-0.39, 0.29) is 24.4 Å². The Morgan fingerprint density at radius 1 is 1.57 bits per heavy atom. The third kappa shape index (κ3) is 1.72. The standard InChI is InChI=1S/C9H14N2O3/c10-9(13)11-2-1-8-6(4-11)3-7(12)5-14-8/h6,8H,1-5H2,(H2,10,13)/t6-,8-/m0/s1. The molecule has 0 aromatic carbocycles.